The van der Waals surface area contributed by atoms with Crippen molar-refractivity contribution in [3.05, 3.63) is 29.8 Å². The van der Waals surface area contributed by atoms with E-state index in [1.807, 2.05) is 32.0 Å². The Morgan fingerprint density at radius 2 is 2.29 bits per heavy atom. The summed E-state index contributed by atoms with van der Waals surface area (Å²) in [7, 11) is 0. The van der Waals surface area contributed by atoms with Crippen LogP contribution in [0.15, 0.2) is 24.3 Å². The molecule has 4 nitrogen and oxygen atoms in total. The van der Waals surface area contributed by atoms with Gasteiger partial charge in [-0.05, 0) is 57.9 Å². The van der Waals surface area contributed by atoms with Gasteiger partial charge in [0.2, 0.25) is 0 Å². The van der Waals surface area contributed by atoms with E-state index in [-0.39, 0.29) is 12.0 Å². The molecule has 1 unspecified atom stereocenters. The zero-order valence-corrected chi connectivity index (χ0v) is 13.0. The van der Waals surface area contributed by atoms with Gasteiger partial charge in [0, 0.05) is 18.2 Å². The van der Waals surface area contributed by atoms with Gasteiger partial charge in [0.25, 0.3) is 5.91 Å². The lowest BCUT2D eigenvalue weighted by Crippen LogP contribution is -2.37. The second kappa shape index (κ2) is 8.03. The van der Waals surface area contributed by atoms with Gasteiger partial charge in [-0.15, -0.1) is 0 Å². The lowest BCUT2D eigenvalue weighted by Gasteiger charge is -2.23. The topological polar surface area (TPSA) is 50.4 Å². The van der Waals surface area contributed by atoms with Gasteiger partial charge in [-0.25, -0.2) is 0 Å². The van der Waals surface area contributed by atoms with Crippen LogP contribution in [0.5, 0.6) is 5.75 Å². The number of nitrogens with one attached hydrogen (secondary N) is 2. The van der Waals surface area contributed by atoms with Crippen molar-refractivity contribution in [2.45, 2.75) is 51.7 Å². The van der Waals surface area contributed by atoms with Crippen molar-refractivity contribution in [2.24, 2.45) is 0 Å². The van der Waals surface area contributed by atoms with Crippen LogP contribution in [-0.4, -0.2) is 31.1 Å². The molecule has 0 radical (unpaired) electrons. The number of ether oxygens (including phenoxy) is 1. The summed E-state index contributed by atoms with van der Waals surface area (Å²) in [4.78, 5) is 12.1. The lowest BCUT2D eigenvalue weighted by molar-refractivity contribution is 0.0951. The molecule has 1 fully saturated rings. The third-order valence-electron chi connectivity index (χ3n) is 3.66. The predicted molar refractivity (Wildman–Crippen MR) is 84.8 cm³/mol. The molecule has 2 N–H and O–H groups in total. The molecular weight excluding hydrogens is 264 g/mol. The molecule has 0 saturated carbocycles. The number of carbonyl (C=O) groups excluding carboxylic acids is 1. The molecule has 0 spiro atoms. The average Bonchev–Trinajstić information content (AvgIpc) is 2.48. The Labute approximate surface area is 127 Å². The fourth-order valence-corrected chi connectivity index (χ4v) is 2.62. The van der Waals surface area contributed by atoms with Crippen LogP contribution in [0.3, 0.4) is 0 Å². The van der Waals surface area contributed by atoms with Crippen LogP contribution in [0.25, 0.3) is 0 Å². The van der Waals surface area contributed by atoms with Crippen molar-refractivity contribution in [3.63, 3.8) is 0 Å². The standard InChI is InChI=1S/C17H26N2O2/c1-13(2)21-16-8-5-6-14(12-16)17(20)19-11-9-15-7-3-4-10-18-15/h5-6,8,12-13,15,18H,3-4,7,9-11H2,1-2H3,(H,19,20). The van der Waals surface area contributed by atoms with E-state index in [9.17, 15) is 4.79 Å². The van der Waals surface area contributed by atoms with Gasteiger partial charge >= 0.3 is 0 Å². The third kappa shape index (κ3) is 5.38. The van der Waals surface area contributed by atoms with Gasteiger partial charge in [-0.1, -0.05) is 12.5 Å². The molecular formula is C17H26N2O2. The zero-order chi connectivity index (χ0) is 15.1. The molecule has 0 aliphatic carbocycles. The molecule has 1 aromatic rings. The normalized spacial score (nSPS) is 18.5. The highest BCUT2D eigenvalue weighted by Gasteiger charge is 2.13. The van der Waals surface area contributed by atoms with E-state index in [0.717, 1.165) is 18.7 Å². The molecule has 1 aliphatic rings. The smallest absolute Gasteiger partial charge is 0.251 e. The summed E-state index contributed by atoms with van der Waals surface area (Å²) in [6.45, 7) is 5.77. The molecule has 1 aromatic carbocycles. The fourth-order valence-electron chi connectivity index (χ4n) is 2.62. The van der Waals surface area contributed by atoms with Crippen LogP contribution >= 0.6 is 0 Å². The summed E-state index contributed by atoms with van der Waals surface area (Å²) in [6.07, 6.45) is 4.88. The maximum atomic E-state index is 12.1. The highest BCUT2D eigenvalue weighted by Crippen LogP contribution is 2.15. The van der Waals surface area contributed by atoms with Crippen molar-refractivity contribution in [2.75, 3.05) is 13.1 Å². The Bertz CT molecular complexity index is 454. The van der Waals surface area contributed by atoms with Gasteiger partial charge in [0.05, 0.1) is 6.10 Å². The third-order valence-corrected chi connectivity index (χ3v) is 3.66. The molecule has 1 heterocycles. The summed E-state index contributed by atoms with van der Waals surface area (Å²) >= 11 is 0. The number of rotatable bonds is 6. The SMILES string of the molecule is CC(C)Oc1cccc(C(=O)NCCC2CCCCN2)c1. The van der Waals surface area contributed by atoms with E-state index < -0.39 is 0 Å². The molecule has 1 amide bonds. The first kappa shape index (κ1) is 15.8. The van der Waals surface area contributed by atoms with Crippen molar-refractivity contribution in [1.82, 2.24) is 10.6 Å². The highest BCUT2D eigenvalue weighted by molar-refractivity contribution is 5.94. The number of hydrogen-bond donors (Lipinski definition) is 2. The fraction of sp³-hybridized carbons (Fsp3) is 0.588. The van der Waals surface area contributed by atoms with Crippen molar-refractivity contribution in [3.8, 4) is 5.75 Å². The maximum absolute atomic E-state index is 12.1. The summed E-state index contributed by atoms with van der Waals surface area (Å²) in [5.74, 6) is 0.714. The van der Waals surface area contributed by atoms with E-state index >= 15 is 0 Å². The van der Waals surface area contributed by atoms with E-state index in [0.29, 0.717) is 18.2 Å². The second-order valence-electron chi connectivity index (χ2n) is 5.89. The Kier molecular flexibility index (Phi) is 6.05. The summed E-state index contributed by atoms with van der Waals surface area (Å²) < 4.78 is 5.61. The number of piperidine rings is 1. The quantitative estimate of drug-likeness (QED) is 0.847. The number of amides is 1. The first-order valence-electron chi connectivity index (χ1n) is 7.93. The number of carbonyl (C=O) groups is 1. The van der Waals surface area contributed by atoms with Crippen LogP contribution < -0.4 is 15.4 Å². The molecule has 21 heavy (non-hydrogen) atoms. The Balaban J connectivity index is 1.79. The lowest BCUT2D eigenvalue weighted by atomic mass is 10.0. The van der Waals surface area contributed by atoms with Crippen LogP contribution in [0, 0.1) is 0 Å². The second-order valence-corrected chi connectivity index (χ2v) is 5.89. The van der Waals surface area contributed by atoms with Gasteiger partial charge < -0.3 is 15.4 Å². The summed E-state index contributed by atoms with van der Waals surface area (Å²) in [5.41, 5.74) is 0.657. The van der Waals surface area contributed by atoms with E-state index in [2.05, 4.69) is 10.6 Å². The van der Waals surface area contributed by atoms with Gasteiger partial charge in [0.15, 0.2) is 0 Å². The first-order chi connectivity index (χ1) is 10.1. The van der Waals surface area contributed by atoms with Crippen LogP contribution in [-0.2, 0) is 0 Å². The minimum atomic E-state index is -0.0278. The molecule has 2 rings (SSSR count). The van der Waals surface area contributed by atoms with Crippen molar-refractivity contribution >= 4 is 5.91 Å². The molecule has 0 bridgehead atoms. The maximum Gasteiger partial charge on any atom is 0.251 e. The molecule has 1 saturated heterocycles. The Hall–Kier alpha value is -1.55. The number of benzene rings is 1. The molecule has 4 heteroatoms. The van der Waals surface area contributed by atoms with E-state index in [1.54, 1.807) is 6.07 Å². The average molecular weight is 290 g/mol. The predicted octanol–water partition coefficient (Wildman–Crippen LogP) is 2.74. The minimum Gasteiger partial charge on any atom is -0.491 e. The first-order valence-corrected chi connectivity index (χ1v) is 7.93. The van der Waals surface area contributed by atoms with E-state index in [4.69, 9.17) is 4.74 Å². The monoisotopic (exact) mass is 290 g/mol. The van der Waals surface area contributed by atoms with E-state index in [1.165, 1.54) is 19.3 Å². The Morgan fingerprint density at radius 3 is 3.00 bits per heavy atom. The summed E-state index contributed by atoms with van der Waals surface area (Å²) in [6, 6.07) is 7.91. The largest absolute Gasteiger partial charge is 0.491 e. The van der Waals surface area contributed by atoms with Gasteiger partial charge in [-0.2, -0.15) is 0 Å². The number of hydrogen-bond acceptors (Lipinski definition) is 3. The zero-order valence-electron chi connectivity index (χ0n) is 13.0. The van der Waals surface area contributed by atoms with Crippen LogP contribution in [0.4, 0.5) is 0 Å². The van der Waals surface area contributed by atoms with Crippen LogP contribution in [0.2, 0.25) is 0 Å². The van der Waals surface area contributed by atoms with Crippen molar-refractivity contribution in [1.29, 1.82) is 0 Å². The van der Waals surface area contributed by atoms with Gasteiger partial charge in [-0.3, -0.25) is 4.79 Å². The molecule has 0 aromatic heterocycles. The molecule has 1 atom stereocenters. The Morgan fingerprint density at radius 1 is 1.43 bits per heavy atom. The molecule has 116 valence electrons. The summed E-state index contributed by atoms with van der Waals surface area (Å²) in [5, 5.41) is 6.48. The molecule has 1 aliphatic heterocycles. The highest BCUT2D eigenvalue weighted by atomic mass is 16.5. The van der Waals surface area contributed by atoms with Gasteiger partial charge in [0.1, 0.15) is 5.75 Å². The minimum absolute atomic E-state index is 0.0278. The van der Waals surface area contributed by atoms with Crippen molar-refractivity contribution < 1.29 is 9.53 Å². The van der Waals surface area contributed by atoms with Crippen LogP contribution in [0.1, 0.15) is 49.9 Å².